The fourth-order valence-electron chi connectivity index (χ4n) is 3.21. The molecule has 124 valence electrons. The Kier molecular flexibility index (Phi) is 6.00. The Morgan fingerprint density at radius 1 is 1.36 bits per heavy atom. The molecule has 1 atom stereocenters. The van der Waals surface area contributed by atoms with E-state index in [1.165, 1.54) is 18.5 Å². The van der Waals surface area contributed by atoms with Gasteiger partial charge in [0.15, 0.2) is 0 Å². The Bertz CT molecular complexity index is 495. The molecule has 1 amide bonds. The lowest BCUT2D eigenvalue weighted by Gasteiger charge is -2.28. The van der Waals surface area contributed by atoms with E-state index < -0.39 is 0 Å². The highest BCUT2D eigenvalue weighted by Crippen LogP contribution is 2.15. The van der Waals surface area contributed by atoms with Crippen LogP contribution < -0.4 is 0 Å². The molecule has 0 aromatic carbocycles. The molecule has 22 heavy (non-hydrogen) atoms. The van der Waals surface area contributed by atoms with E-state index in [4.69, 9.17) is 0 Å². The molecule has 1 unspecified atom stereocenters. The third-order valence-electron chi connectivity index (χ3n) is 4.59. The van der Waals surface area contributed by atoms with E-state index in [1.54, 1.807) is 0 Å². The van der Waals surface area contributed by atoms with Crippen LogP contribution in [-0.4, -0.2) is 58.7 Å². The zero-order chi connectivity index (χ0) is 16.1. The summed E-state index contributed by atoms with van der Waals surface area (Å²) in [7, 11) is 4.23. The second-order valence-electron chi connectivity index (χ2n) is 6.71. The van der Waals surface area contributed by atoms with Crippen molar-refractivity contribution in [2.45, 2.75) is 58.5 Å². The van der Waals surface area contributed by atoms with Gasteiger partial charge in [0.25, 0.3) is 0 Å². The van der Waals surface area contributed by atoms with E-state index >= 15 is 0 Å². The summed E-state index contributed by atoms with van der Waals surface area (Å²) >= 11 is 0. The van der Waals surface area contributed by atoms with Crippen LogP contribution in [0.3, 0.4) is 0 Å². The van der Waals surface area contributed by atoms with E-state index in [0.717, 1.165) is 38.2 Å². The van der Waals surface area contributed by atoms with Crippen molar-refractivity contribution >= 4 is 5.91 Å². The van der Waals surface area contributed by atoms with Crippen LogP contribution >= 0.6 is 0 Å². The highest BCUT2D eigenvalue weighted by Gasteiger charge is 2.22. The molecule has 0 N–H and O–H groups in total. The van der Waals surface area contributed by atoms with Gasteiger partial charge in [0, 0.05) is 37.8 Å². The quantitative estimate of drug-likeness (QED) is 0.837. The van der Waals surface area contributed by atoms with Crippen molar-refractivity contribution in [3.63, 3.8) is 0 Å². The molecule has 2 heterocycles. The van der Waals surface area contributed by atoms with Crippen molar-refractivity contribution in [1.82, 2.24) is 19.6 Å². The van der Waals surface area contributed by atoms with Gasteiger partial charge in [-0.25, -0.2) is 0 Å². The number of carbonyl (C=O) groups is 1. The molecule has 5 heteroatoms. The highest BCUT2D eigenvalue weighted by molar-refractivity contribution is 5.76. The number of hydrogen-bond acceptors (Lipinski definition) is 3. The van der Waals surface area contributed by atoms with Gasteiger partial charge in [-0.05, 0) is 53.3 Å². The van der Waals surface area contributed by atoms with Gasteiger partial charge in [0.2, 0.25) is 5.91 Å². The predicted molar refractivity (Wildman–Crippen MR) is 88.8 cm³/mol. The molecule has 0 spiro atoms. The summed E-state index contributed by atoms with van der Waals surface area (Å²) in [6.45, 7) is 6.71. The number of likely N-dealkylation sites (N-methyl/N-ethyl adjacent to an activating group) is 1. The number of aryl methyl sites for hydroxylation is 3. The number of hydrogen-bond donors (Lipinski definition) is 0. The molecule has 1 aromatic heterocycles. The van der Waals surface area contributed by atoms with Gasteiger partial charge < -0.3 is 9.80 Å². The van der Waals surface area contributed by atoms with Crippen LogP contribution in [0.2, 0.25) is 0 Å². The predicted octanol–water partition coefficient (Wildman–Crippen LogP) is 2.22. The number of amides is 1. The van der Waals surface area contributed by atoms with E-state index in [-0.39, 0.29) is 0 Å². The first-order valence-corrected chi connectivity index (χ1v) is 8.42. The van der Waals surface area contributed by atoms with Crippen LogP contribution in [0.1, 0.15) is 43.5 Å². The first kappa shape index (κ1) is 17.0. The smallest absolute Gasteiger partial charge is 0.222 e. The second kappa shape index (κ2) is 7.77. The second-order valence-corrected chi connectivity index (χ2v) is 6.71. The molecule has 1 aromatic rings. The van der Waals surface area contributed by atoms with Gasteiger partial charge in [-0.15, -0.1) is 0 Å². The van der Waals surface area contributed by atoms with E-state index in [0.29, 0.717) is 18.4 Å². The summed E-state index contributed by atoms with van der Waals surface area (Å²) in [5, 5.41) is 4.45. The third-order valence-corrected chi connectivity index (χ3v) is 4.59. The van der Waals surface area contributed by atoms with E-state index in [9.17, 15) is 4.79 Å². The van der Waals surface area contributed by atoms with Crippen LogP contribution in [0.15, 0.2) is 6.07 Å². The third kappa shape index (κ3) is 4.57. The topological polar surface area (TPSA) is 41.4 Å². The lowest BCUT2D eigenvalue weighted by molar-refractivity contribution is -0.131. The summed E-state index contributed by atoms with van der Waals surface area (Å²) in [6, 6.07) is 2.58. The van der Waals surface area contributed by atoms with Crippen molar-refractivity contribution in [3.8, 4) is 0 Å². The zero-order valence-corrected chi connectivity index (χ0v) is 14.5. The fraction of sp³-hybridized carbons (Fsp3) is 0.765. The summed E-state index contributed by atoms with van der Waals surface area (Å²) in [5.74, 6) is 0.301. The summed E-state index contributed by atoms with van der Waals surface area (Å²) in [5.41, 5.74) is 2.22. The summed E-state index contributed by atoms with van der Waals surface area (Å²) in [6.07, 6.45) is 5.04. The Labute approximate surface area is 134 Å². The van der Waals surface area contributed by atoms with Gasteiger partial charge in [-0.3, -0.25) is 9.48 Å². The van der Waals surface area contributed by atoms with Gasteiger partial charge in [0.05, 0.1) is 5.69 Å². The monoisotopic (exact) mass is 306 g/mol. The Morgan fingerprint density at radius 2 is 2.14 bits per heavy atom. The van der Waals surface area contributed by atoms with Crippen molar-refractivity contribution in [1.29, 1.82) is 0 Å². The van der Waals surface area contributed by atoms with Crippen molar-refractivity contribution in [2.75, 3.05) is 27.2 Å². The molecule has 0 radical (unpaired) electrons. The minimum absolute atomic E-state index is 0.301. The minimum atomic E-state index is 0.301. The van der Waals surface area contributed by atoms with Gasteiger partial charge >= 0.3 is 0 Å². The first-order chi connectivity index (χ1) is 10.5. The fourth-order valence-corrected chi connectivity index (χ4v) is 3.21. The SMILES string of the molecule is Cc1cc(C)n(CCCC(=O)N2CCCCC(N(C)C)C2)n1. The summed E-state index contributed by atoms with van der Waals surface area (Å²) < 4.78 is 2.01. The molecule has 0 saturated carbocycles. The standard InChI is InChI=1S/C17H30N4O/c1-14-12-15(2)21(18-14)11-7-9-17(22)20-10-6-5-8-16(13-20)19(3)4/h12,16H,5-11,13H2,1-4H3. The highest BCUT2D eigenvalue weighted by atomic mass is 16.2. The van der Waals surface area contributed by atoms with Crippen LogP contribution in [-0.2, 0) is 11.3 Å². The number of rotatable bonds is 5. The molecule has 1 saturated heterocycles. The number of aromatic nitrogens is 2. The number of nitrogens with zero attached hydrogens (tertiary/aromatic N) is 4. The lowest BCUT2D eigenvalue weighted by atomic mass is 10.1. The van der Waals surface area contributed by atoms with Crippen molar-refractivity contribution < 1.29 is 4.79 Å². The maximum absolute atomic E-state index is 12.5. The van der Waals surface area contributed by atoms with Gasteiger partial charge in [-0.1, -0.05) is 6.42 Å². The minimum Gasteiger partial charge on any atom is -0.341 e. The van der Waals surface area contributed by atoms with Gasteiger partial charge in [0.1, 0.15) is 0 Å². The maximum Gasteiger partial charge on any atom is 0.222 e. The average molecular weight is 306 g/mol. The average Bonchev–Trinajstić information content (AvgIpc) is 2.68. The van der Waals surface area contributed by atoms with Crippen LogP contribution in [0.5, 0.6) is 0 Å². The van der Waals surface area contributed by atoms with Crippen LogP contribution in [0.4, 0.5) is 0 Å². The number of likely N-dealkylation sites (tertiary alicyclic amines) is 1. The Balaban J connectivity index is 1.82. The van der Waals surface area contributed by atoms with E-state index in [1.807, 2.05) is 11.6 Å². The van der Waals surface area contributed by atoms with Crippen LogP contribution in [0.25, 0.3) is 0 Å². The Morgan fingerprint density at radius 3 is 2.77 bits per heavy atom. The normalized spacial score (nSPS) is 19.5. The van der Waals surface area contributed by atoms with Gasteiger partial charge in [-0.2, -0.15) is 5.10 Å². The first-order valence-electron chi connectivity index (χ1n) is 8.42. The maximum atomic E-state index is 12.5. The van der Waals surface area contributed by atoms with Crippen LogP contribution in [0, 0.1) is 13.8 Å². The molecule has 1 aliphatic heterocycles. The molecule has 0 bridgehead atoms. The van der Waals surface area contributed by atoms with Crippen molar-refractivity contribution in [3.05, 3.63) is 17.5 Å². The number of carbonyl (C=O) groups excluding carboxylic acids is 1. The molecule has 1 aliphatic rings. The zero-order valence-electron chi connectivity index (χ0n) is 14.5. The Hall–Kier alpha value is -1.36. The lowest BCUT2D eigenvalue weighted by Crippen LogP contribution is -2.41. The van der Waals surface area contributed by atoms with Crippen molar-refractivity contribution in [2.24, 2.45) is 0 Å². The molecule has 2 rings (SSSR count). The largest absolute Gasteiger partial charge is 0.341 e. The molecular formula is C17H30N4O. The molecule has 0 aliphatic carbocycles. The molecule has 1 fully saturated rings. The summed E-state index contributed by atoms with van der Waals surface area (Å²) in [4.78, 5) is 16.8. The molecule has 5 nitrogen and oxygen atoms in total. The molecular weight excluding hydrogens is 276 g/mol. The van der Waals surface area contributed by atoms with E-state index in [2.05, 4.69) is 42.0 Å².